The molecule has 3 aromatic carbocycles. The number of methoxy groups -OCH3 is 1. The van der Waals surface area contributed by atoms with Gasteiger partial charge in [0.25, 0.3) is 5.89 Å². The number of urea groups is 1. The minimum atomic E-state index is -0.442. The number of rotatable bonds is 6. The average molecular weight is 481 g/mol. The number of aryl methyl sites for hydroxylation is 2. The molecular formula is C29H28N4O3. The maximum absolute atomic E-state index is 13.4. The average Bonchev–Trinajstić information content (AvgIpc) is 3.39. The first-order valence-corrected chi connectivity index (χ1v) is 11.9. The summed E-state index contributed by atoms with van der Waals surface area (Å²) < 4.78 is 11.1. The van der Waals surface area contributed by atoms with Gasteiger partial charge >= 0.3 is 6.03 Å². The number of allylic oxidation sites excluding steroid dienone is 1. The van der Waals surface area contributed by atoms with Crippen molar-refractivity contribution in [3.05, 3.63) is 101 Å². The molecule has 2 amide bonds. The van der Waals surface area contributed by atoms with Gasteiger partial charge in [-0.1, -0.05) is 66.2 Å². The lowest BCUT2D eigenvalue weighted by molar-refractivity contribution is 0.244. The normalized spacial score (nSPS) is 15.7. The van der Waals surface area contributed by atoms with Crippen LogP contribution in [-0.4, -0.2) is 23.3 Å². The molecule has 5 rings (SSSR count). The number of benzene rings is 3. The van der Waals surface area contributed by atoms with Gasteiger partial charge in [-0.05, 0) is 55.7 Å². The molecular weight excluding hydrogens is 452 g/mol. The Morgan fingerprint density at radius 3 is 2.56 bits per heavy atom. The van der Waals surface area contributed by atoms with E-state index in [4.69, 9.17) is 14.2 Å². The number of hydrogen-bond donors (Lipinski definition) is 1. The van der Waals surface area contributed by atoms with Crippen molar-refractivity contribution in [3.63, 3.8) is 0 Å². The van der Waals surface area contributed by atoms with Gasteiger partial charge in [0.05, 0.1) is 24.4 Å². The summed E-state index contributed by atoms with van der Waals surface area (Å²) in [6.07, 6.45) is 0.873. The van der Waals surface area contributed by atoms with Gasteiger partial charge < -0.3 is 14.6 Å². The van der Waals surface area contributed by atoms with Crippen molar-refractivity contribution in [1.29, 1.82) is 0 Å². The molecule has 1 N–H and O–H groups in total. The maximum atomic E-state index is 13.4. The molecule has 0 fully saturated rings. The van der Waals surface area contributed by atoms with Crippen LogP contribution in [0.3, 0.4) is 0 Å². The number of aromatic nitrogens is 2. The molecule has 7 heteroatoms. The monoisotopic (exact) mass is 480 g/mol. The third kappa shape index (κ3) is 4.35. The summed E-state index contributed by atoms with van der Waals surface area (Å²) in [5.41, 5.74) is 6.28. The van der Waals surface area contributed by atoms with E-state index in [9.17, 15) is 4.79 Å². The van der Waals surface area contributed by atoms with E-state index in [1.807, 2.05) is 80.6 Å². The predicted octanol–water partition coefficient (Wildman–Crippen LogP) is 6.32. The number of carbonyl (C=O) groups excluding carboxylic acids is 1. The Balaban J connectivity index is 1.65. The van der Waals surface area contributed by atoms with E-state index in [2.05, 4.69) is 23.5 Å². The molecule has 1 aromatic heterocycles. The fraction of sp³-hybridized carbons (Fsp3) is 0.207. The number of amides is 2. The molecule has 1 aliphatic heterocycles. The maximum Gasteiger partial charge on any atom is 0.326 e. The van der Waals surface area contributed by atoms with E-state index < -0.39 is 6.04 Å². The summed E-state index contributed by atoms with van der Waals surface area (Å²) >= 11 is 0. The van der Waals surface area contributed by atoms with E-state index in [1.54, 1.807) is 12.0 Å². The Hall–Kier alpha value is -4.39. The molecule has 0 radical (unpaired) electrons. The lowest BCUT2D eigenvalue weighted by atomic mass is 9.94. The molecule has 0 bridgehead atoms. The van der Waals surface area contributed by atoms with Crippen LogP contribution in [0.15, 0.2) is 83.0 Å². The minimum Gasteiger partial charge on any atom is -0.497 e. The van der Waals surface area contributed by atoms with E-state index >= 15 is 0 Å². The number of hydrogen-bond acceptors (Lipinski definition) is 5. The molecule has 4 aromatic rings. The number of anilines is 1. The second kappa shape index (κ2) is 9.70. The molecule has 0 aliphatic carbocycles. The SMILES string of the molecule is CCc1cccc(N2C(=O)NC(c3ccc(C)cc3)C(c3nc(-c4cccc(OC)c4)no3)=C2C)c1. The first-order chi connectivity index (χ1) is 17.5. The van der Waals surface area contributed by atoms with Crippen LogP contribution < -0.4 is 15.0 Å². The molecule has 1 unspecified atom stereocenters. The van der Waals surface area contributed by atoms with Gasteiger partial charge in [-0.15, -0.1) is 0 Å². The number of nitrogens with one attached hydrogen (secondary N) is 1. The Bertz CT molecular complexity index is 1440. The molecule has 7 nitrogen and oxygen atoms in total. The van der Waals surface area contributed by atoms with Crippen molar-refractivity contribution in [2.45, 2.75) is 33.2 Å². The van der Waals surface area contributed by atoms with Gasteiger partial charge in [0.2, 0.25) is 5.82 Å². The second-order valence-electron chi connectivity index (χ2n) is 8.81. The minimum absolute atomic E-state index is 0.206. The number of carbonyl (C=O) groups is 1. The molecule has 0 saturated carbocycles. The standard InChI is InChI=1S/C29H28N4O3/c1-5-20-8-6-10-23(16-20)33-19(3)25(26(30-29(33)34)21-14-12-18(2)13-15-21)28-31-27(32-36-28)22-9-7-11-24(17-22)35-4/h6-17,26H,5H2,1-4H3,(H,30,34). The van der Waals surface area contributed by atoms with Crippen molar-refractivity contribution < 1.29 is 14.1 Å². The third-order valence-electron chi connectivity index (χ3n) is 6.46. The highest BCUT2D eigenvalue weighted by molar-refractivity contribution is 6.01. The van der Waals surface area contributed by atoms with Crippen LogP contribution in [0.1, 0.15) is 42.5 Å². The summed E-state index contributed by atoms with van der Waals surface area (Å²) in [5, 5.41) is 7.42. The summed E-state index contributed by atoms with van der Waals surface area (Å²) in [6.45, 7) is 6.05. The van der Waals surface area contributed by atoms with Crippen molar-refractivity contribution in [3.8, 4) is 17.1 Å². The Kier molecular flexibility index (Phi) is 6.29. The highest BCUT2D eigenvalue weighted by Crippen LogP contribution is 2.39. The van der Waals surface area contributed by atoms with Gasteiger partial charge in [0, 0.05) is 11.3 Å². The molecule has 1 aliphatic rings. The van der Waals surface area contributed by atoms with Crippen LogP contribution >= 0.6 is 0 Å². The zero-order chi connectivity index (χ0) is 25.2. The van der Waals surface area contributed by atoms with E-state index in [-0.39, 0.29) is 6.03 Å². The highest BCUT2D eigenvalue weighted by Gasteiger charge is 2.36. The van der Waals surface area contributed by atoms with Crippen LogP contribution in [0.25, 0.3) is 17.0 Å². The molecule has 2 heterocycles. The van der Waals surface area contributed by atoms with Gasteiger partial charge in [-0.2, -0.15) is 4.98 Å². The molecule has 0 spiro atoms. The third-order valence-corrected chi connectivity index (χ3v) is 6.46. The fourth-order valence-corrected chi connectivity index (χ4v) is 4.47. The lowest BCUT2D eigenvalue weighted by Crippen LogP contribution is -2.46. The molecule has 36 heavy (non-hydrogen) atoms. The van der Waals surface area contributed by atoms with Crippen molar-refractivity contribution in [2.75, 3.05) is 12.0 Å². The van der Waals surface area contributed by atoms with E-state index in [1.165, 1.54) is 0 Å². The Morgan fingerprint density at radius 1 is 1.03 bits per heavy atom. The van der Waals surface area contributed by atoms with Gasteiger partial charge in [0.15, 0.2) is 0 Å². The van der Waals surface area contributed by atoms with Crippen LogP contribution in [0.5, 0.6) is 5.75 Å². The molecule has 182 valence electrons. The van der Waals surface area contributed by atoms with Crippen LogP contribution in [-0.2, 0) is 6.42 Å². The highest BCUT2D eigenvalue weighted by atomic mass is 16.5. The summed E-state index contributed by atoms with van der Waals surface area (Å²) in [7, 11) is 1.62. The van der Waals surface area contributed by atoms with Gasteiger partial charge in [-0.3, -0.25) is 4.90 Å². The van der Waals surface area contributed by atoms with Crippen LogP contribution in [0.2, 0.25) is 0 Å². The first-order valence-electron chi connectivity index (χ1n) is 11.9. The summed E-state index contributed by atoms with van der Waals surface area (Å²) in [5.74, 6) is 1.51. The fourth-order valence-electron chi connectivity index (χ4n) is 4.47. The zero-order valence-corrected chi connectivity index (χ0v) is 20.8. The van der Waals surface area contributed by atoms with E-state index in [0.717, 1.165) is 45.6 Å². The molecule has 0 saturated heterocycles. The quantitative estimate of drug-likeness (QED) is 0.349. The van der Waals surface area contributed by atoms with Gasteiger partial charge in [0.1, 0.15) is 5.75 Å². The summed E-state index contributed by atoms with van der Waals surface area (Å²) in [4.78, 5) is 19.8. The van der Waals surface area contributed by atoms with Crippen molar-refractivity contribution in [2.24, 2.45) is 0 Å². The lowest BCUT2D eigenvalue weighted by Gasteiger charge is -2.35. The van der Waals surface area contributed by atoms with Crippen LogP contribution in [0.4, 0.5) is 10.5 Å². The Labute approximate surface area is 210 Å². The smallest absolute Gasteiger partial charge is 0.326 e. The number of nitrogens with zero attached hydrogens (tertiary/aromatic N) is 3. The second-order valence-corrected chi connectivity index (χ2v) is 8.81. The van der Waals surface area contributed by atoms with Gasteiger partial charge in [-0.25, -0.2) is 4.79 Å². The van der Waals surface area contributed by atoms with Crippen molar-refractivity contribution >= 4 is 17.3 Å². The largest absolute Gasteiger partial charge is 0.497 e. The molecule has 1 atom stereocenters. The summed E-state index contributed by atoms with van der Waals surface area (Å²) in [6, 6.07) is 22.9. The van der Waals surface area contributed by atoms with Crippen molar-refractivity contribution in [1.82, 2.24) is 15.5 Å². The zero-order valence-electron chi connectivity index (χ0n) is 20.8. The van der Waals surface area contributed by atoms with Crippen LogP contribution in [0, 0.1) is 6.92 Å². The first kappa shape index (κ1) is 23.4. The predicted molar refractivity (Wildman–Crippen MR) is 140 cm³/mol. The Morgan fingerprint density at radius 2 is 1.81 bits per heavy atom. The van der Waals surface area contributed by atoms with E-state index in [0.29, 0.717) is 17.5 Å². The topological polar surface area (TPSA) is 80.5 Å². The number of ether oxygens (including phenoxy) is 1.